The average molecular weight is 333 g/mol. The van der Waals surface area contributed by atoms with E-state index in [0.717, 1.165) is 19.3 Å². The van der Waals surface area contributed by atoms with Crippen LogP contribution < -0.4 is 5.73 Å². The van der Waals surface area contributed by atoms with Crippen molar-refractivity contribution in [2.75, 3.05) is 12.3 Å². The van der Waals surface area contributed by atoms with Gasteiger partial charge in [0, 0.05) is 22.7 Å². The van der Waals surface area contributed by atoms with E-state index in [9.17, 15) is 8.42 Å². The first-order chi connectivity index (χ1) is 8.43. The maximum Gasteiger partial charge on any atom is 0.243 e. The molecule has 0 bridgehead atoms. The van der Waals surface area contributed by atoms with Gasteiger partial charge in [-0.15, -0.1) is 0 Å². The number of anilines is 1. The number of halogens is 1. The first-order valence-corrected chi connectivity index (χ1v) is 8.23. The van der Waals surface area contributed by atoms with E-state index in [4.69, 9.17) is 5.73 Å². The summed E-state index contributed by atoms with van der Waals surface area (Å²) in [5, 5.41) is 0. The Morgan fingerprint density at radius 2 is 2.11 bits per heavy atom. The summed E-state index contributed by atoms with van der Waals surface area (Å²) in [5.74, 6) is 0. The molecule has 1 unspecified atom stereocenters. The Bertz CT molecular complexity index is 545. The fourth-order valence-electron chi connectivity index (χ4n) is 2.25. The van der Waals surface area contributed by atoms with E-state index in [2.05, 4.69) is 15.9 Å². The molecule has 1 aliphatic rings. The van der Waals surface area contributed by atoms with Crippen LogP contribution in [-0.2, 0) is 10.0 Å². The molecule has 1 aliphatic heterocycles. The summed E-state index contributed by atoms with van der Waals surface area (Å²) in [7, 11) is -3.42. The van der Waals surface area contributed by atoms with Gasteiger partial charge in [-0.05, 0) is 53.9 Å². The van der Waals surface area contributed by atoms with Crippen LogP contribution in [0.2, 0.25) is 0 Å². The van der Waals surface area contributed by atoms with Gasteiger partial charge in [0.1, 0.15) is 0 Å². The second-order valence-electron chi connectivity index (χ2n) is 4.64. The molecule has 18 heavy (non-hydrogen) atoms. The molecule has 0 amide bonds. The van der Waals surface area contributed by atoms with Gasteiger partial charge in [-0.1, -0.05) is 6.42 Å². The molecular weight excluding hydrogens is 316 g/mol. The largest absolute Gasteiger partial charge is 0.398 e. The van der Waals surface area contributed by atoms with E-state index >= 15 is 0 Å². The highest BCUT2D eigenvalue weighted by molar-refractivity contribution is 9.10. The lowest BCUT2D eigenvalue weighted by atomic mass is 10.1. The minimum absolute atomic E-state index is 0.0635. The topological polar surface area (TPSA) is 63.4 Å². The van der Waals surface area contributed by atoms with Gasteiger partial charge in [0.05, 0.1) is 4.90 Å². The van der Waals surface area contributed by atoms with Crippen molar-refractivity contribution >= 4 is 31.6 Å². The number of sulfonamides is 1. The molecule has 100 valence electrons. The average Bonchev–Trinajstić information content (AvgIpc) is 2.33. The first kappa shape index (κ1) is 13.8. The standard InChI is InChI=1S/C12H17BrN2O2S/c1-9-4-2-3-7-15(9)18(16,17)10-5-6-11(13)12(14)8-10/h5-6,8-9H,2-4,7,14H2,1H3. The summed E-state index contributed by atoms with van der Waals surface area (Å²) >= 11 is 3.27. The zero-order chi connectivity index (χ0) is 13.3. The fourth-order valence-corrected chi connectivity index (χ4v) is 4.23. The van der Waals surface area contributed by atoms with Gasteiger partial charge < -0.3 is 5.73 Å². The molecule has 1 heterocycles. The molecule has 0 aromatic heterocycles. The van der Waals surface area contributed by atoms with Crippen molar-refractivity contribution in [2.45, 2.75) is 37.1 Å². The van der Waals surface area contributed by atoms with E-state index in [1.54, 1.807) is 16.4 Å². The Balaban J connectivity index is 2.37. The summed E-state index contributed by atoms with van der Waals surface area (Å²) in [6.45, 7) is 2.55. The number of nitrogens with two attached hydrogens (primary N) is 1. The smallest absolute Gasteiger partial charge is 0.243 e. The van der Waals surface area contributed by atoms with Gasteiger partial charge in [-0.2, -0.15) is 4.31 Å². The Labute approximate surface area is 116 Å². The van der Waals surface area contributed by atoms with E-state index in [1.807, 2.05) is 6.92 Å². The van der Waals surface area contributed by atoms with Gasteiger partial charge in [0.15, 0.2) is 0 Å². The second kappa shape index (κ2) is 5.19. The third-order valence-corrected chi connectivity index (χ3v) is 6.05. The normalized spacial score (nSPS) is 22.0. The van der Waals surface area contributed by atoms with E-state index in [1.165, 1.54) is 6.07 Å². The number of piperidine rings is 1. The monoisotopic (exact) mass is 332 g/mol. The predicted molar refractivity (Wildman–Crippen MR) is 75.8 cm³/mol. The maximum absolute atomic E-state index is 12.5. The Hall–Kier alpha value is -0.590. The van der Waals surface area contributed by atoms with Crippen molar-refractivity contribution in [1.29, 1.82) is 0 Å². The van der Waals surface area contributed by atoms with Crippen molar-refractivity contribution in [2.24, 2.45) is 0 Å². The molecule has 6 heteroatoms. The van der Waals surface area contributed by atoms with Gasteiger partial charge in [0.25, 0.3) is 0 Å². The first-order valence-electron chi connectivity index (χ1n) is 6.00. The number of benzene rings is 1. The number of nitrogens with zero attached hydrogens (tertiary/aromatic N) is 1. The van der Waals surface area contributed by atoms with E-state index in [-0.39, 0.29) is 10.9 Å². The molecule has 1 aromatic rings. The number of hydrogen-bond donors (Lipinski definition) is 1. The summed E-state index contributed by atoms with van der Waals surface area (Å²) in [5.41, 5.74) is 6.20. The van der Waals surface area contributed by atoms with Crippen LogP contribution in [0.5, 0.6) is 0 Å². The second-order valence-corrected chi connectivity index (χ2v) is 7.39. The molecule has 0 radical (unpaired) electrons. The third-order valence-electron chi connectivity index (χ3n) is 3.32. The van der Waals surface area contributed by atoms with Crippen molar-refractivity contribution in [3.8, 4) is 0 Å². The Kier molecular flexibility index (Phi) is 3.99. The minimum atomic E-state index is -3.42. The van der Waals surface area contributed by atoms with Gasteiger partial charge in [0.2, 0.25) is 10.0 Å². The number of rotatable bonds is 2. The molecule has 1 atom stereocenters. The van der Waals surface area contributed by atoms with Crippen LogP contribution in [0.3, 0.4) is 0 Å². The number of nitrogen functional groups attached to an aromatic ring is 1. The fraction of sp³-hybridized carbons (Fsp3) is 0.500. The lowest BCUT2D eigenvalue weighted by molar-refractivity contribution is 0.268. The number of hydrogen-bond acceptors (Lipinski definition) is 3. The molecular formula is C12H17BrN2O2S. The van der Waals surface area contributed by atoms with Crippen molar-refractivity contribution in [3.05, 3.63) is 22.7 Å². The minimum Gasteiger partial charge on any atom is -0.398 e. The molecule has 1 saturated heterocycles. The van der Waals surface area contributed by atoms with Crippen LogP contribution >= 0.6 is 15.9 Å². The summed E-state index contributed by atoms with van der Waals surface area (Å²) in [4.78, 5) is 0.275. The van der Waals surface area contributed by atoms with Gasteiger partial charge in [-0.3, -0.25) is 0 Å². The van der Waals surface area contributed by atoms with Crippen LogP contribution in [0.15, 0.2) is 27.6 Å². The quantitative estimate of drug-likeness (QED) is 0.846. The van der Waals surface area contributed by atoms with Crippen molar-refractivity contribution in [3.63, 3.8) is 0 Å². The zero-order valence-electron chi connectivity index (χ0n) is 10.3. The lowest BCUT2D eigenvalue weighted by Gasteiger charge is -2.32. The van der Waals surface area contributed by atoms with Crippen LogP contribution in [0.25, 0.3) is 0 Å². The van der Waals surface area contributed by atoms with Crippen molar-refractivity contribution < 1.29 is 8.42 Å². The molecule has 0 spiro atoms. The molecule has 0 saturated carbocycles. The Morgan fingerprint density at radius 1 is 1.39 bits per heavy atom. The third kappa shape index (κ3) is 2.55. The summed E-state index contributed by atoms with van der Waals surface area (Å²) in [6, 6.07) is 4.85. The summed E-state index contributed by atoms with van der Waals surface area (Å²) < 4.78 is 27.3. The maximum atomic E-state index is 12.5. The van der Waals surface area contributed by atoms with Gasteiger partial charge >= 0.3 is 0 Å². The van der Waals surface area contributed by atoms with Crippen molar-refractivity contribution in [1.82, 2.24) is 4.31 Å². The predicted octanol–water partition coefficient (Wildman–Crippen LogP) is 2.59. The van der Waals surface area contributed by atoms with Crippen LogP contribution in [-0.4, -0.2) is 25.3 Å². The van der Waals surface area contributed by atoms with Gasteiger partial charge in [-0.25, -0.2) is 8.42 Å². The van der Waals surface area contributed by atoms with Crippen LogP contribution in [0, 0.1) is 0 Å². The zero-order valence-corrected chi connectivity index (χ0v) is 12.7. The highest BCUT2D eigenvalue weighted by atomic mass is 79.9. The molecule has 2 rings (SSSR count). The van der Waals surface area contributed by atoms with E-state index in [0.29, 0.717) is 16.7 Å². The SMILES string of the molecule is CC1CCCCN1S(=O)(=O)c1ccc(Br)c(N)c1. The summed E-state index contributed by atoms with van der Waals surface area (Å²) in [6.07, 6.45) is 2.94. The van der Waals surface area contributed by atoms with E-state index < -0.39 is 10.0 Å². The van der Waals surface area contributed by atoms with Crippen LogP contribution in [0.1, 0.15) is 26.2 Å². The molecule has 0 aliphatic carbocycles. The molecule has 2 N–H and O–H groups in total. The molecule has 4 nitrogen and oxygen atoms in total. The Morgan fingerprint density at radius 3 is 2.72 bits per heavy atom. The lowest BCUT2D eigenvalue weighted by Crippen LogP contribution is -2.41. The van der Waals surface area contributed by atoms with Crippen LogP contribution in [0.4, 0.5) is 5.69 Å². The molecule has 1 fully saturated rings. The highest BCUT2D eigenvalue weighted by Crippen LogP contribution is 2.28. The highest BCUT2D eigenvalue weighted by Gasteiger charge is 2.31. The molecule has 1 aromatic carbocycles.